The molecule has 1 atom stereocenters. The highest BCUT2D eigenvalue weighted by molar-refractivity contribution is 5.79. The van der Waals surface area contributed by atoms with Gasteiger partial charge in [-0.2, -0.15) is 0 Å². The molecular weight excluding hydrogens is 260 g/mol. The minimum Gasteiger partial charge on any atom is -0.355 e. The molecule has 116 valence electrons. The minimum absolute atomic E-state index is 0.163. The van der Waals surface area contributed by atoms with Gasteiger partial charge in [0.05, 0.1) is 5.92 Å². The zero-order valence-corrected chi connectivity index (χ0v) is 13.3. The molecule has 1 aliphatic heterocycles. The van der Waals surface area contributed by atoms with E-state index in [1.807, 2.05) is 0 Å². The number of hydrogen-bond donors (Lipinski definition) is 2. The van der Waals surface area contributed by atoms with Crippen molar-refractivity contribution >= 4 is 5.91 Å². The standard InChI is InChI=1S/C18H28N2O/c1-18(2,11-6-9-15-7-4-3-5-8-15)14-20-17(21)16-10-12-19-13-16/h3-5,7-8,16,19H,6,9-14H2,1-2H3,(H,20,21). The quantitative estimate of drug-likeness (QED) is 0.810. The molecule has 1 aromatic carbocycles. The summed E-state index contributed by atoms with van der Waals surface area (Å²) in [7, 11) is 0. The summed E-state index contributed by atoms with van der Waals surface area (Å²) in [6, 6.07) is 10.6. The Morgan fingerprint density at radius 3 is 2.76 bits per heavy atom. The fraction of sp³-hybridized carbons (Fsp3) is 0.611. The molecule has 1 heterocycles. The Hall–Kier alpha value is -1.35. The van der Waals surface area contributed by atoms with Crippen LogP contribution in [-0.4, -0.2) is 25.5 Å². The number of benzene rings is 1. The Morgan fingerprint density at radius 2 is 2.10 bits per heavy atom. The molecule has 1 aliphatic rings. The minimum atomic E-state index is 0.163. The van der Waals surface area contributed by atoms with Crippen molar-refractivity contribution in [1.29, 1.82) is 0 Å². The first-order chi connectivity index (χ1) is 10.1. The number of carbonyl (C=O) groups excluding carboxylic acids is 1. The molecule has 21 heavy (non-hydrogen) atoms. The number of rotatable bonds is 7. The van der Waals surface area contributed by atoms with Gasteiger partial charge in [-0.3, -0.25) is 4.79 Å². The van der Waals surface area contributed by atoms with Gasteiger partial charge in [0.1, 0.15) is 0 Å². The molecule has 3 heteroatoms. The Labute approximate surface area is 128 Å². The highest BCUT2D eigenvalue weighted by Gasteiger charge is 2.24. The zero-order chi connectivity index (χ0) is 15.1. The fourth-order valence-electron chi connectivity index (χ4n) is 2.85. The van der Waals surface area contributed by atoms with E-state index in [0.717, 1.165) is 45.3 Å². The van der Waals surface area contributed by atoms with E-state index in [2.05, 4.69) is 54.8 Å². The molecule has 2 rings (SSSR count). The highest BCUT2D eigenvalue weighted by atomic mass is 16.1. The zero-order valence-electron chi connectivity index (χ0n) is 13.3. The van der Waals surface area contributed by atoms with E-state index in [-0.39, 0.29) is 17.2 Å². The van der Waals surface area contributed by atoms with Gasteiger partial charge in [0.25, 0.3) is 0 Å². The van der Waals surface area contributed by atoms with Crippen LogP contribution < -0.4 is 10.6 Å². The van der Waals surface area contributed by atoms with Crippen molar-refractivity contribution in [3.63, 3.8) is 0 Å². The molecule has 1 unspecified atom stereocenters. The smallest absolute Gasteiger partial charge is 0.224 e. The van der Waals surface area contributed by atoms with Gasteiger partial charge in [0.2, 0.25) is 5.91 Å². The van der Waals surface area contributed by atoms with Gasteiger partial charge in [-0.15, -0.1) is 0 Å². The van der Waals surface area contributed by atoms with Crippen LogP contribution in [0.2, 0.25) is 0 Å². The molecule has 1 fully saturated rings. The summed E-state index contributed by atoms with van der Waals surface area (Å²) in [6.07, 6.45) is 4.38. The van der Waals surface area contributed by atoms with E-state index in [9.17, 15) is 4.79 Å². The van der Waals surface area contributed by atoms with E-state index in [1.54, 1.807) is 0 Å². The first-order valence-electron chi connectivity index (χ1n) is 8.09. The van der Waals surface area contributed by atoms with Crippen LogP contribution in [0, 0.1) is 11.3 Å². The van der Waals surface area contributed by atoms with Gasteiger partial charge in [-0.1, -0.05) is 44.2 Å². The summed E-state index contributed by atoms with van der Waals surface area (Å²) < 4.78 is 0. The maximum Gasteiger partial charge on any atom is 0.224 e. The molecule has 1 aromatic rings. The predicted octanol–water partition coefficient (Wildman–Crippen LogP) is 2.76. The number of amides is 1. The van der Waals surface area contributed by atoms with Crippen LogP contribution in [0.3, 0.4) is 0 Å². The van der Waals surface area contributed by atoms with Crippen LogP contribution in [0.25, 0.3) is 0 Å². The SMILES string of the molecule is CC(C)(CCCc1ccccc1)CNC(=O)C1CCNC1. The third-order valence-corrected chi connectivity index (χ3v) is 4.33. The van der Waals surface area contributed by atoms with Gasteiger partial charge in [0, 0.05) is 13.1 Å². The topological polar surface area (TPSA) is 41.1 Å². The van der Waals surface area contributed by atoms with E-state index in [1.165, 1.54) is 5.56 Å². The summed E-state index contributed by atoms with van der Waals surface area (Å²) in [5.41, 5.74) is 1.56. The number of aryl methyl sites for hydroxylation is 1. The molecule has 1 saturated heterocycles. The van der Waals surface area contributed by atoms with Crippen molar-refractivity contribution in [2.24, 2.45) is 11.3 Å². The maximum absolute atomic E-state index is 12.0. The molecule has 3 nitrogen and oxygen atoms in total. The number of carbonyl (C=O) groups is 1. The predicted molar refractivity (Wildman–Crippen MR) is 87.1 cm³/mol. The van der Waals surface area contributed by atoms with Crippen molar-refractivity contribution < 1.29 is 4.79 Å². The maximum atomic E-state index is 12.0. The van der Waals surface area contributed by atoms with Crippen LogP contribution >= 0.6 is 0 Å². The Kier molecular flexibility index (Phi) is 5.80. The van der Waals surface area contributed by atoms with Crippen molar-refractivity contribution in [1.82, 2.24) is 10.6 Å². The average molecular weight is 288 g/mol. The van der Waals surface area contributed by atoms with Crippen LogP contribution in [0.15, 0.2) is 30.3 Å². The first-order valence-corrected chi connectivity index (χ1v) is 8.09. The lowest BCUT2D eigenvalue weighted by Gasteiger charge is -2.25. The van der Waals surface area contributed by atoms with Crippen molar-refractivity contribution in [2.45, 2.75) is 39.5 Å². The normalized spacial score (nSPS) is 18.7. The largest absolute Gasteiger partial charge is 0.355 e. The molecule has 0 spiro atoms. The van der Waals surface area contributed by atoms with Crippen LogP contribution in [0.4, 0.5) is 0 Å². The van der Waals surface area contributed by atoms with E-state index < -0.39 is 0 Å². The van der Waals surface area contributed by atoms with Gasteiger partial charge in [-0.05, 0) is 43.2 Å². The molecule has 0 aromatic heterocycles. The molecule has 0 radical (unpaired) electrons. The second-order valence-corrected chi connectivity index (χ2v) is 6.91. The summed E-state index contributed by atoms with van der Waals surface area (Å²) in [6.45, 7) is 7.06. The lowest BCUT2D eigenvalue weighted by atomic mass is 9.86. The third-order valence-electron chi connectivity index (χ3n) is 4.33. The average Bonchev–Trinajstić information content (AvgIpc) is 3.00. The Bertz CT molecular complexity index is 436. The van der Waals surface area contributed by atoms with Crippen molar-refractivity contribution in [3.05, 3.63) is 35.9 Å². The molecule has 2 N–H and O–H groups in total. The van der Waals surface area contributed by atoms with Crippen molar-refractivity contribution in [3.8, 4) is 0 Å². The monoisotopic (exact) mass is 288 g/mol. The van der Waals surface area contributed by atoms with Gasteiger partial charge in [0.15, 0.2) is 0 Å². The molecule has 0 bridgehead atoms. The number of nitrogens with one attached hydrogen (secondary N) is 2. The van der Waals surface area contributed by atoms with E-state index in [4.69, 9.17) is 0 Å². The van der Waals surface area contributed by atoms with E-state index in [0.29, 0.717) is 0 Å². The third kappa shape index (κ3) is 5.50. The van der Waals surface area contributed by atoms with Gasteiger partial charge in [-0.25, -0.2) is 0 Å². The summed E-state index contributed by atoms with van der Waals surface area (Å²) >= 11 is 0. The second kappa shape index (κ2) is 7.60. The second-order valence-electron chi connectivity index (χ2n) is 6.91. The first kappa shape index (κ1) is 16.0. The Morgan fingerprint density at radius 1 is 1.33 bits per heavy atom. The molecular formula is C18H28N2O. The van der Waals surface area contributed by atoms with Gasteiger partial charge < -0.3 is 10.6 Å². The molecule has 0 saturated carbocycles. The lowest BCUT2D eigenvalue weighted by Crippen LogP contribution is -2.38. The summed E-state index contributed by atoms with van der Waals surface area (Å²) in [5.74, 6) is 0.390. The van der Waals surface area contributed by atoms with Crippen LogP contribution in [-0.2, 0) is 11.2 Å². The molecule has 0 aliphatic carbocycles. The Balaban J connectivity index is 1.67. The van der Waals surface area contributed by atoms with Crippen LogP contribution in [0.5, 0.6) is 0 Å². The van der Waals surface area contributed by atoms with Gasteiger partial charge >= 0.3 is 0 Å². The molecule has 1 amide bonds. The van der Waals surface area contributed by atoms with E-state index >= 15 is 0 Å². The number of hydrogen-bond acceptors (Lipinski definition) is 2. The highest BCUT2D eigenvalue weighted by Crippen LogP contribution is 2.23. The van der Waals surface area contributed by atoms with Crippen molar-refractivity contribution in [2.75, 3.05) is 19.6 Å². The fourth-order valence-corrected chi connectivity index (χ4v) is 2.85. The summed E-state index contributed by atoms with van der Waals surface area (Å²) in [5, 5.41) is 6.38. The summed E-state index contributed by atoms with van der Waals surface area (Å²) in [4.78, 5) is 12.0. The van der Waals surface area contributed by atoms with Crippen LogP contribution in [0.1, 0.15) is 38.7 Å². The lowest BCUT2D eigenvalue weighted by molar-refractivity contribution is -0.124.